The highest BCUT2D eigenvalue weighted by Crippen LogP contribution is 2.59. The molecular weight excluding hydrogens is 1310 g/mol. The minimum atomic E-state index is -0.928. The summed E-state index contributed by atoms with van der Waals surface area (Å²) in [6, 6.07) is 104. The van der Waals surface area contributed by atoms with Gasteiger partial charge in [0.15, 0.2) is 0 Å². The lowest BCUT2D eigenvalue weighted by Gasteiger charge is -2.50. The summed E-state index contributed by atoms with van der Waals surface area (Å²) in [5.41, 5.74) is 32.1. The second-order valence-electron chi connectivity index (χ2n) is 37.4. The van der Waals surface area contributed by atoms with Crippen LogP contribution in [0.5, 0.6) is 11.5 Å². The highest BCUT2D eigenvalue weighted by molar-refractivity contribution is 6.99. The molecule has 15 aromatic rings. The summed E-state index contributed by atoms with van der Waals surface area (Å²) in [7, 11) is 0. The molecule has 0 unspecified atom stereocenters. The van der Waals surface area contributed by atoms with Crippen LogP contribution in [0.15, 0.2) is 267 Å². The largest absolute Gasteiger partial charge is 0.457 e. The quantitative estimate of drug-likeness (QED) is 0.155. The lowest BCUT2D eigenvalue weighted by Crippen LogP contribution is -2.65. The first-order valence-corrected chi connectivity index (χ1v) is 39.1. The molecule has 0 N–H and O–H groups in total. The van der Waals surface area contributed by atoms with Gasteiger partial charge in [-0.3, -0.25) is 0 Å². The molecule has 108 heavy (non-hydrogen) atoms. The van der Waals surface area contributed by atoms with Crippen LogP contribution >= 0.6 is 0 Å². The van der Waals surface area contributed by atoms with Crippen LogP contribution in [0.4, 0.5) is 17.1 Å². The lowest BCUT2D eigenvalue weighted by atomic mass is 9.29. The number of para-hydroxylation sites is 3. The van der Waals surface area contributed by atoms with Gasteiger partial charge >= 0.3 is 0 Å². The Balaban J connectivity index is 1.06. The number of hydrogen-bond donors (Lipinski definition) is 0. The molecule has 5 heteroatoms. The van der Waals surface area contributed by atoms with Crippen molar-refractivity contribution in [2.45, 2.75) is 163 Å². The van der Waals surface area contributed by atoms with E-state index in [1.54, 1.807) is 0 Å². The van der Waals surface area contributed by atoms with E-state index in [2.05, 4.69) is 406 Å². The average Bonchev–Trinajstić information content (AvgIpc) is 0.747. The number of fused-ring (bicyclic) bond motifs is 16. The monoisotopic (exact) mass is 1400 g/mol. The molecule has 0 atom stereocenters. The van der Waals surface area contributed by atoms with Crippen molar-refractivity contribution in [2.75, 3.05) is 4.90 Å². The van der Waals surface area contributed by atoms with E-state index in [9.17, 15) is 0 Å². The molecule has 0 aliphatic carbocycles. The van der Waals surface area contributed by atoms with Crippen molar-refractivity contribution >= 4 is 83.8 Å². The minimum absolute atomic E-state index is 0.0674. The molecule has 534 valence electrons. The first-order chi connectivity index (χ1) is 51.3. The van der Waals surface area contributed by atoms with E-state index in [0.717, 1.165) is 84.4 Å². The van der Waals surface area contributed by atoms with Gasteiger partial charge in [-0.1, -0.05) is 312 Å². The Kier molecular flexibility index (Phi) is 15.4. The van der Waals surface area contributed by atoms with Crippen molar-refractivity contribution in [3.63, 3.8) is 0 Å². The van der Waals surface area contributed by atoms with E-state index in [-0.39, 0.29) is 39.2 Å². The Labute approximate surface area is 639 Å². The van der Waals surface area contributed by atoms with E-state index < -0.39 is 5.41 Å². The zero-order valence-corrected chi connectivity index (χ0v) is 66.2. The van der Waals surface area contributed by atoms with Crippen molar-refractivity contribution in [1.82, 2.24) is 9.13 Å². The molecule has 0 saturated carbocycles. The maximum atomic E-state index is 7.32. The normalized spacial score (nSPS) is 14.1. The second-order valence-corrected chi connectivity index (χ2v) is 37.4. The molecule has 2 aromatic heterocycles. The Morgan fingerprint density at radius 3 is 1.14 bits per heavy atom. The van der Waals surface area contributed by atoms with Crippen LogP contribution in [0, 0.1) is 0 Å². The summed E-state index contributed by atoms with van der Waals surface area (Å²) < 4.78 is 12.5. The zero-order chi connectivity index (χ0) is 75.3. The van der Waals surface area contributed by atoms with Gasteiger partial charge in [0.2, 0.25) is 6.71 Å². The fourth-order valence-corrected chi connectivity index (χ4v) is 18.2. The van der Waals surface area contributed by atoms with E-state index in [1.807, 2.05) is 0 Å². The molecule has 0 bridgehead atoms. The Bertz CT molecular complexity index is 5940. The Morgan fingerprint density at radius 1 is 0.278 bits per heavy atom. The topological polar surface area (TPSA) is 22.3 Å². The number of nitrogens with zero attached hydrogens (tertiary/aromatic N) is 3. The van der Waals surface area contributed by atoms with Gasteiger partial charge in [-0.2, -0.15) is 0 Å². The van der Waals surface area contributed by atoms with Crippen molar-refractivity contribution < 1.29 is 4.74 Å². The van der Waals surface area contributed by atoms with E-state index in [4.69, 9.17) is 4.74 Å². The molecular formula is C103H98BN3O. The molecule has 5 heterocycles. The average molecular weight is 1400 g/mol. The smallest absolute Gasteiger partial charge is 0.247 e. The second kappa shape index (κ2) is 24.1. The van der Waals surface area contributed by atoms with Crippen LogP contribution in [-0.4, -0.2) is 15.8 Å². The molecule has 13 aromatic carbocycles. The van der Waals surface area contributed by atoms with Gasteiger partial charge < -0.3 is 18.8 Å². The number of benzene rings is 13. The highest BCUT2D eigenvalue weighted by atomic mass is 16.5. The summed E-state index contributed by atoms with van der Waals surface area (Å²) in [5.74, 6) is 1.71. The molecule has 0 saturated heterocycles. The van der Waals surface area contributed by atoms with Crippen molar-refractivity contribution in [1.29, 1.82) is 0 Å². The molecule has 1 spiro atoms. The Morgan fingerprint density at radius 2 is 0.694 bits per heavy atom. The van der Waals surface area contributed by atoms with Gasteiger partial charge in [-0.25, -0.2) is 0 Å². The molecule has 3 aliphatic heterocycles. The van der Waals surface area contributed by atoms with Gasteiger partial charge in [-0.05, 0) is 195 Å². The van der Waals surface area contributed by atoms with E-state index >= 15 is 0 Å². The fraction of sp³-hybridized carbons (Fsp3) is 0.243. The molecule has 18 rings (SSSR count). The van der Waals surface area contributed by atoms with Crippen molar-refractivity contribution in [3.8, 4) is 56.3 Å². The summed E-state index contributed by atoms with van der Waals surface area (Å²) in [4.78, 5) is 2.75. The van der Waals surface area contributed by atoms with Gasteiger partial charge in [0.05, 0.1) is 33.2 Å². The molecule has 0 fully saturated rings. The van der Waals surface area contributed by atoms with Crippen LogP contribution < -0.4 is 26.0 Å². The third kappa shape index (κ3) is 10.8. The molecule has 0 radical (unpaired) electrons. The summed E-state index contributed by atoms with van der Waals surface area (Å²) >= 11 is 0. The third-order valence-corrected chi connectivity index (χ3v) is 24.1. The highest BCUT2D eigenvalue weighted by Gasteiger charge is 2.55. The number of hydrogen-bond acceptors (Lipinski definition) is 2. The standard InChI is InChI=1S/C103H98BN3O/c1-97(2,3)67-41-48-87-77(56-67)78-57-68(98(4,5)6)42-49-88(78)105(87)73-45-47-85-91(61-73)107(96-75(63-30-21-19-22-31-63)34-29-35-76(96)64-32-23-20-24-33-64)92-62-74(106-89-50-43-69(99(7,8)9)58-79(89)80-59-70(100(10,11)12)44-51-90(80)106)60-84-95(92)104(85)86-54-65(66-52-71(101(13,14)15)55-72(53-66)102(16,17)18)40-46-81(86)103(84)82-36-25-27-38-93(82)108-94-39-28-26-37-83(94)103/h19-62H,1-18H3. The molecule has 0 amide bonds. The number of aromatic nitrogens is 2. The Hall–Kier alpha value is -10.9. The SMILES string of the molecule is CC(C)(C)c1cc(-c2ccc3c(c2)B2c4ccc(-n5c6ccc(C(C)(C)C)cc6c6cc(C(C)(C)C)ccc65)cc4N(c4c(-c5ccccc5)cccc4-c4ccccc4)c4cc(-n5c6ccc(C(C)(C)C)cc6c6cc(C(C)(C)C)ccc65)cc(c42)C32c3ccccc3Oc3ccccc32)cc(C(C)(C)C)c1. The number of ether oxygens (including phenoxy) is 1. The van der Waals surface area contributed by atoms with Crippen molar-refractivity contribution in [2.24, 2.45) is 0 Å². The summed E-state index contributed by atoms with van der Waals surface area (Å²) in [5, 5.41) is 5.01. The molecule has 4 nitrogen and oxygen atoms in total. The van der Waals surface area contributed by atoms with E-state index in [1.165, 1.54) is 105 Å². The van der Waals surface area contributed by atoms with Gasteiger partial charge in [0, 0.05) is 66.5 Å². The maximum absolute atomic E-state index is 7.32. The number of anilines is 3. The first kappa shape index (κ1) is 68.9. The first-order valence-electron chi connectivity index (χ1n) is 39.1. The van der Waals surface area contributed by atoms with Crippen LogP contribution in [0.2, 0.25) is 0 Å². The number of rotatable bonds is 6. The van der Waals surface area contributed by atoms with Crippen molar-refractivity contribution in [3.05, 3.63) is 323 Å². The predicted octanol–water partition coefficient (Wildman–Crippen LogP) is 25.8. The van der Waals surface area contributed by atoms with Gasteiger partial charge in [-0.15, -0.1) is 0 Å². The van der Waals surface area contributed by atoms with Gasteiger partial charge in [0.1, 0.15) is 11.5 Å². The van der Waals surface area contributed by atoms with Crippen LogP contribution in [-0.2, 0) is 37.9 Å². The van der Waals surface area contributed by atoms with Crippen LogP contribution in [0.1, 0.15) is 180 Å². The van der Waals surface area contributed by atoms with Crippen LogP contribution in [0.25, 0.3) is 88.4 Å². The minimum Gasteiger partial charge on any atom is -0.457 e. The molecule has 3 aliphatic rings. The fourth-order valence-electron chi connectivity index (χ4n) is 18.2. The van der Waals surface area contributed by atoms with Crippen LogP contribution in [0.3, 0.4) is 0 Å². The van der Waals surface area contributed by atoms with Gasteiger partial charge in [0.25, 0.3) is 0 Å². The predicted molar refractivity (Wildman–Crippen MR) is 461 cm³/mol. The summed E-state index contributed by atoms with van der Waals surface area (Å²) in [6.07, 6.45) is 0. The summed E-state index contributed by atoms with van der Waals surface area (Å²) in [6.45, 7) is 42.0. The maximum Gasteiger partial charge on any atom is 0.247 e. The van der Waals surface area contributed by atoms with E-state index in [0.29, 0.717) is 0 Å². The third-order valence-electron chi connectivity index (χ3n) is 24.1. The zero-order valence-electron chi connectivity index (χ0n) is 66.2. The lowest BCUT2D eigenvalue weighted by molar-refractivity contribution is 0.435.